The Morgan fingerprint density at radius 2 is 1.15 bits per heavy atom. The second kappa shape index (κ2) is 9.67. The fraction of sp³-hybridized carbons (Fsp3) is 0.0667. The summed E-state index contributed by atoms with van der Waals surface area (Å²) in [6, 6.07) is 47.1. The molecule has 1 heteroatoms. The van der Waals surface area contributed by atoms with E-state index in [-0.39, 0.29) is 5.41 Å². The maximum absolute atomic E-state index is 4.16. The average Bonchev–Trinajstić information content (AvgIpc) is 3.54. The van der Waals surface area contributed by atoms with Gasteiger partial charge in [-0.2, -0.15) is 0 Å². The molecule has 0 fully saturated rings. The van der Waals surface area contributed by atoms with Crippen LogP contribution in [0, 0.1) is 0 Å². The largest absolute Gasteiger partial charge is 0.309 e. The Morgan fingerprint density at radius 3 is 1.96 bits per heavy atom. The predicted octanol–water partition coefficient (Wildman–Crippen LogP) is 12.3. The van der Waals surface area contributed by atoms with Crippen molar-refractivity contribution in [2.75, 3.05) is 0 Å². The van der Waals surface area contributed by atoms with E-state index in [4.69, 9.17) is 0 Å². The molecular formula is C45H33N. The van der Waals surface area contributed by atoms with Crippen molar-refractivity contribution in [1.82, 2.24) is 4.57 Å². The number of nitrogens with zero attached hydrogens (tertiary/aromatic N) is 1. The van der Waals surface area contributed by atoms with E-state index in [9.17, 15) is 0 Å². The van der Waals surface area contributed by atoms with Crippen molar-refractivity contribution < 1.29 is 0 Å². The van der Waals surface area contributed by atoms with Crippen LogP contribution in [0.4, 0.5) is 0 Å². The van der Waals surface area contributed by atoms with Gasteiger partial charge in [-0.15, -0.1) is 0 Å². The first kappa shape index (κ1) is 26.7. The van der Waals surface area contributed by atoms with Crippen LogP contribution in [0.5, 0.6) is 0 Å². The van der Waals surface area contributed by atoms with Gasteiger partial charge < -0.3 is 4.57 Å². The maximum atomic E-state index is 4.16. The van der Waals surface area contributed by atoms with Gasteiger partial charge in [-0.3, -0.25) is 0 Å². The number of aromatic nitrogens is 1. The molecule has 0 unspecified atom stereocenters. The van der Waals surface area contributed by atoms with Crippen LogP contribution in [0.1, 0.15) is 36.1 Å². The van der Waals surface area contributed by atoms with E-state index in [1.807, 2.05) is 12.2 Å². The minimum atomic E-state index is -0.0626. The Bertz CT molecular complexity index is 2590. The third kappa shape index (κ3) is 3.57. The van der Waals surface area contributed by atoms with E-state index in [1.54, 1.807) is 0 Å². The summed E-state index contributed by atoms with van der Waals surface area (Å²) in [5, 5.41) is 7.43. The van der Waals surface area contributed by atoms with Gasteiger partial charge in [-0.1, -0.05) is 130 Å². The van der Waals surface area contributed by atoms with Gasteiger partial charge in [0.25, 0.3) is 0 Å². The molecule has 0 spiro atoms. The zero-order valence-electron chi connectivity index (χ0n) is 26.1. The summed E-state index contributed by atoms with van der Waals surface area (Å²) in [4.78, 5) is 0. The molecular weight excluding hydrogens is 555 g/mol. The van der Waals surface area contributed by atoms with Gasteiger partial charge in [0.2, 0.25) is 0 Å². The van der Waals surface area contributed by atoms with Crippen LogP contribution < -0.4 is 0 Å². The third-order valence-electron chi connectivity index (χ3n) is 10.3. The number of rotatable bonds is 4. The summed E-state index contributed by atoms with van der Waals surface area (Å²) in [7, 11) is 0. The molecule has 0 N–H and O–H groups in total. The number of hydrogen-bond acceptors (Lipinski definition) is 0. The maximum Gasteiger partial charge on any atom is 0.0544 e. The normalized spacial score (nSPS) is 13.3. The number of fused-ring (bicyclic) bond motifs is 9. The molecule has 7 aromatic carbocycles. The Balaban J connectivity index is 1.27. The molecule has 1 aliphatic rings. The minimum Gasteiger partial charge on any atom is -0.309 e. The summed E-state index contributed by atoms with van der Waals surface area (Å²) < 4.78 is 2.45. The molecule has 8 aromatic rings. The molecule has 1 aliphatic carbocycles. The lowest BCUT2D eigenvalue weighted by Crippen LogP contribution is -2.14. The molecule has 0 saturated heterocycles. The lowest BCUT2D eigenvalue weighted by Gasteiger charge is -2.21. The Labute approximate surface area is 269 Å². The molecule has 1 aromatic heterocycles. The molecule has 1 heterocycles. The molecule has 0 amide bonds. The fourth-order valence-corrected chi connectivity index (χ4v) is 8.13. The first-order valence-corrected chi connectivity index (χ1v) is 16.0. The van der Waals surface area contributed by atoms with E-state index in [0.717, 1.165) is 16.8 Å². The molecule has 0 bridgehead atoms. The van der Waals surface area contributed by atoms with Crippen molar-refractivity contribution in [3.63, 3.8) is 0 Å². The van der Waals surface area contributed by atoms with E-state index in [2.05, 4.69) is 159 Å². The van der Waals surface area contributed by atoms with Gasteiger partial charge in [0.15, 0.2) is 0 Å². The summed E-state index contributed by atoms with van der Waals surface area (Å²) in [6.45, 7) is 13.0. The lowest BCUT2D eigenvalue weighted by molar-refractivity contribution is 0.661. The highest BCUT2D eigenvalue weighted by atomic mass is 15.0. The quantitative estimate of drug-likeness (QED) is 0.181. The van der Waals surface area contributed by atoms with Crippen molar-refractivity contribution in [2.45, 2.75) is 19.3 Å². The van der Waals surface area contributed by atoms with Crippen LogP contribution >= 0.6 is 0 Å². The van der Waals surface area contributed by atoms with Gasteiger partial charge in [-0.25, -0.2) is 0 Å². The number of benzene rings is 7. The highest BCUT2D eigenvalue weighted by Crippen LogP contribution is 2.51. The van der Waals surface area contributed by atoms with Crippen LogP contribution in [0.2, 0.25) is 0 Å². The third-order valence-corrected chi connectivity index (χ3v) is 10.3. The van der Waals surface area contributed by atoms with E-state index >= 15 is 0 Å². The van der Waals surface area contributed by atoms with Gasteiger partial charge in [0.05, 0.1) is 11.0 Å². The van der Waals surface area contributed by atoms with Gasteiger partial charge >= 0.3 is 0 Å². The second-order valence-electron chi connectivity index (χ2n) is 13.0. The number of hydrogen-bond donors (Lipinski definition) is 0. The summed E-state index contributed by atoms with van der Waals surface area (Å²) >= 11 is 0. The zero-order chi connectivity index (χ0) is 31.2. The highest BCUT2D eigenvalue weighted by molar-refractivity contribution is 6.16. The fourth-order valence-electron chi connectivity index (χ4n) is 8.13. The molecule has 9 rings (SSSR count). The van der Waals surface area contributed by atoms with Gasteiger partial charge in [-0.05, 0) is 102 Å². The Kier molecular flexibility index (Phi) is 5.62. The minimum absolute atomic E-state index is 0.0626. The topological polar surface area (TPSA) is 4.93 Å². The van der Waals surface area contributed by atoms with Crippen molar-refractivity contribution in [1.29, 1.82) is 0 Å². The van der Waals surface area contributed by atoms with E-state index < -0.39 is 0 Å². The Morgan fingerprint density at radius 1 is 0.478 bits per heavy atom. The van der Waals surface area contributed by atoms with Crippen LogP contribution in [-0.2, 0) is 5.41 Å². The van der Waals surface area contributed by atoms with Crippen molar-refractivity contribution in [3.05, 3.63) is 163 Å². The molecule has 0 radical (unpaired) electrons. The highest BCUT2D eigenvalue weighted by Gasteiger charge is 2.36. The number of para-hydroxylation sites is 1. The smallest absolute Gasteiger partial charge is 0.0544 e. The van der Waals surface area contributed by atoms with E-state index in [0.29, 0.717) is 0 Å². The van der Waals surface area contributed by atoms with Crippen molar-refractivity contribution in [2.24, 2.45) is 0 Å². The first-order chi connectivity index (χ1) is 22.5. The SMILES string of the molecule is C=Cc1c(C=C)c2ccc(-c3cccc(-n4c5ccccc5c5cc6c(cc54)C(C)(C)c4ccccc4-6)c3)cc2c2ccccc12. The first-order valence-electron chi connectivity index (χ1n) is 16.0. The lowest BCUT2D eigenvalue weighted by atomic mass is 9.82. The van der Waals surface area contributed by atoms with E-state index in [1.165, 1.54) is 76.7 Å². The van der Waals surface area contributed by atoms with Crippen LogP contribution in [0.25, 0.3) is 83.4 Å². The predicted molar refractivity (Wildman–Crippen MR) is 199 cm³/mol. The van der Waals surface area contributed by atoms with Crippen molar-refractivity contribution >= 4 is 55.5 Å². The summed E-state index contributed by atoms with van der Waals surface area (Å²) in [5.74, 6) is 0. The monoisotopic (exact) mass is 587 g/mol. The van der Waals surface area contributed by atoms with Crippen molar-refractivity contribution in [3.8, 4) is 27.9 Å². The van der Waals surface area contributed by atoms with Crippen LogP contribution in [-0.4, -0.2) is 4.57 Å². The van der Waals surface area contributed by atoms with Crippen LogP contribution in [0.3, 0.4) is 0 Å². The summed E-state index contributed by atoms with van der Waals surface area (Å²) in [6.07, 6.45) is 3.92. The molecule has 0 aliphatic heterocycles. The molecule has 0 atom stereocenters. The molecule has 1 nitrogen and oxygen atoms in total. The molecule has 46 heavy (non-hydrogen) atoms. The molecule has 0 saturated carbocycles. The Hall–Kier alpha value is -5.66. The van der Waals surface area contributed by atoms with Gasteiger partial charge in [0, 0.05) is 21.9 Å². The molecule has 218 valence electrons. The average molecular weight is 588 g/mol. The second-order valence-corrected chi connectivity index (χ2v) is 13.0. The zero-order valence-corrected chi connectivity index (χ0v) is 26.1. The van der Waals surface area contributed by atoms with Gasteiger partial charge in [0.1, 0.15) is 0 Å². The summed E-state index contributed by atoms with van der Waals surface area (Å²) in [5.41, 5.74) is 13.7. The van der Waals surface area contributed by atoms with Crippen LogP contribution in [0.15, 0.2) is 141 Å². The standard InChI is InChI=1S/C45H33N/c1-5-31-32(6-2)35-23-22-29(25-38(35)34-17-8-7-16-33(31)34)28-14-13-15-30(24-28)46-43-21-12-10-19-37(43)40-26-39-36-18-9-11-20-41(36)45(3,4)42(39)27-44(40)46/h5-27H,1-2H2,3-4H3.